The van der Waals surface area contributed by atoms with Gasteiger partial charge in [0.15, 0.2) is 29.2 Å². The van der Waals surface area contributed by atoms with Gasteiger partial charge < -0.3 is 67.3 Å². The Hall–Kier alpha value is -0.889. The maximum atomic E-state index is 12.7. The van der Waals surface area contributed by atoms with E-state index in [0.29, 0.717) is 0 Å². The van der Waals surface area contributed by atoms with E-state index >= 15 is 0 Å². The minimum atomic E-state index is -2.89. The molecule has 0 radical (unpaired) electrons. The molecule has 19 heteroatoms. The van der Waals surface area contributed by atoms with Gasteiger partial charge in [-0.05, 0) is 53.1 Å². The van der Waals surface area contributed by atoms with Gasteiger partial charge >= 0.3 is 20.5 Å². The van der Waals surface area contributed by atoms with E-state index in [1.807, 2.05) is 39.3 Å². The van der Waals surface area contributed by atoms with Gasteiger partial charge in [-0.3, -0.25) is 9.59 Å². The van der Waals surface area contributed by atoms with Crippen LogP contribution in [0.1, 0.15) is 13.8 Å². The Kier molecular flexibility index (Phi) is 15.2. The molecule has 0 aromatic heterocycles. The molecule has 6 N–H and O–H groups in total. The van der Waals surface area contributed by atoms with Crippen LogP contribution in [0.15, 0.2) is 0 Å². The summed E-state index contributed by atoms with van der Waals surface area (Å²) >= 11 is 0. The van der Waals surface area contributed by atoms with Crippen molar-refractivity contribution in [3.8, 4) is 0 Å². The summed E-state index contributed by atoms with van der Waals surface area (Å²) in [5.41, 5.74) is 0. The third-order valence-electron chi connectivity index (χ3n) is 7.00. The van der Waals surface area contributed by atoms with Crippen LogP contribution in [0.2, 0.25) is 51.4 Å². The topological polar surface area (TPSA) is 229 Å². The first-order valence-corrected chi connectivity index (χ1v) is 24.1. The first kappa shape index (κ1) is 40.3. The van der Waals surface area contributed by atoms with Gasteiger partial charge in [-0.15, -0.1) is 0 Å². The Bertz CT molecular complexity index is 883. The van der Waals surface area contributed by atoms with Gasteiger partial charge in [0, 0.05) is 13.2 Å². The second-order valence-corrected chi connectivity index (χ2v) is 25.0. The van der Waals surface area contributed by atoms with Crippen molar-refractivity contribution in [3.63, 3.8) is 0 Å². The molecule has 16 nitrogen and oxygen atoms in total. The van der Waals surface area contributed by atoms with E-state index in [0.717, 1.165) is 0 Å². The lowest BCUT2D eigenvalue weighted by molar-refractivity contribution is -0.300. The first-order valence-electron chi connectivity index (χ1n) is 15.1. The number of carbonyl (C=O) groups is 2. The second-order valence-electron chi connectivity index (χ2n) is 12.8. The molecule has 10 unspecified atom stereocenters. The first-order chi connectivity index (χ1) is 20.7. The Morgan fingerprint density at radius 3 is 1.22 bits per heavy atom. The molecule has 0 bridgehead atoms. The van der Waals surface area contributed by atoms with Crippen LogP contribution in [0.4, 0.5) is 0 Å². The molecule has 2 saturated heterocycles. The Balaban J connectivity index is 1.86. The molecule has 0 amide bonds. The van der Waals surface area contributed by atoms with Crippen LogP contribution in [0, 0.1) is 0 Å². The van der Waals surface area contributed by atoms with Crippen LogP contribution in [0.25, 0.3) is 0 Å². The molecule has 0 spiro atoms. The summed E-state index contributed by atoms with van der Waals surface area (Å²) in [5, 5.41) is 60.7. The number of hydrogen-bond donors (Lipinski definition) is 6. The van der Waals surface area contributed by atoms with Crippen molar-refractivity contribution in [2.45, 2.75) is 127 Å². The molecule has 2 rings (SSSR count). The fourth-order valence-electron chi connectivity index (χ4n) is 5.28. The number of aliphatic hydroxyl groups is 6. The van der Waals surface area contributed by atoms with Gasteiger partial charge in [-0.25, -0.2) is 0 Å². The van der Waals surface area contributed by atoms with E-state index in [9.17, 15) is 40.2 Å². The highest BCUT2D eigenvalue weighted by Gasteiger charge is 2.47. The van der Waals surface area contributed by atoms with Crippen molar-refractivity contribution in [2.24, 2.45) is 0 Å². The minimum Gasteiger partial charge on any atom is -0.463 e. The molecule has 2 fully saturated rings. The summed E-state index contributed by atoms with van der Waals surface area (Å²) in [5.74, 6) is -1.20. The van der Waals surface area contributed by atoms with E-state index in [2.05, 4.69) is 0 Å². The van der Waals surface area contributed by atoms with Crippen molar-refractivity contribution in [1.82, 2.24) is 0 Å². The average Bonchev–Trinajstić information content (AvgIpc) is 2.90. The predicted molar refractivity (Wildman–Crippen MR) is 163 cm³/mol. The van der Waals surface area contributed by atoms with Gasteiger partial charge in [0.25, 0.3) is 0 Å². The summed E-state index contributed by atoms with van der Waals surface area (Å²) in [6, 6.07) is -0.0978. The normalized spacial score (nSPS) is 33.1. The molecule has 2 aliphatic heterocycles. The third kappa shape index (κ3) is 12.3. The lowest BCUT2D eigenvalue weighted by Crippen LogP contribution is -2.59. The number of hydrogen-bond acceptors (Lipinski definition) is 16. The van der Waals surface area contributed by atoms with E-state index in [4.69, 9.17) is 36.7 Å². The van der Waals surface area contributed by atoms with Crippen LogP contribution in [0.3, 0.4) is 0 Å². The van der Waals surface area contributed by atoms with Crippen LogP contribution in [0.5, 0.6) is 0 Å². The zero-order valence-corrected chi connectivity index (χ0v) is 30.3. The van der Waals surface area contributed by atoms with Crippen LogP contribution < -0.4 is 0 Å². The van der Waals surface area contributed by atoms with Crippen LogP contribution in [-0.4, -0.2) is 156 Å². The lowest BCUT2D eigenvalue weighted by atomic mass is 9.99. The molecular weight excluding hydrogens is 653 g/mol. The maximum absolute atomic E-state index is 12.7. The van der Waals surface area contributed by atoms with Gasteiger partial charge in [-0.1, -0.05) is 0 Å². The van der Waals surface area contributed by atoms with Crippen molar-refractivity contribution in [3.05, 3.63) is 0 Å². The zero-order chi connectivity index (χ0) is 34.3. The van der Waals surface area contributed by atoms with Gasteiger partial charge in [0.1, 0.15) is 62.0 Å². The van der Waals surface area contributed by atoms with Gasteiger partial charge in [0.2, 0.25) is 0 Å². The van der Waals surface area contributed by atoms with Crippen molar-refractivity contribution >= 4 is 37.1 Å². The van der Waals surface area contributed by atoms with E-state index in [-0.39, 0.29) is 38.5 Å². The Labute approximate surface area is 266 Å². The largest absolute Gasteiger partial charge is 0.463 e. The third-order valence-corrected chi connectivity index (χ3v) is 17.6. The summed E-state index contributed by atoms with van der Waals surface area (Å²) in [6.45, 7) is 13.9. The van der Waals surface area contributed by atoms with Gasteiger partial charge in [-0.2, -0.15) is 0 Å². The fourth-order valence-corrected chi connectivity index (χ4v) is 18.6. The number of rotatable bonds is 16. The Morgan fingerprint density at radius 1 is 0.578 bits per heavy atom. The number of aliphatic hydroxyl groups excluding tert-OH is 6. The van der Waals surface area contributed by atoms with Gasteiger partial charge in [0.05, 0.1) is 12.1 Å². The van der Waals surface area contributed by atoms with E-state index in [1.165, 1.54) is 0 Å². The standard InChI is InChI=1S/C26H52O16Si3/c1-9-35-25-23(33)21(31)19(29)15(39-25)11-37-17(27)13-43(3,4)41-45(7,8)42-44(5,6)14-18(28)38-12-16-20(30)22(32)24(34)26(40-16)36-10-2/h15-16,19-26,29-34H,9-14H2,1-8H3. The molecule has 2 heterocycles. The molecule has 45 heavy (non-hydrogen) atoms. The number of esters is 2. The summed E-state index contributed by atoms with van der Waals surface area (Å²) < 4.78 is 44.8. The lowest BCUT2D eigenvalue weighted by Gasteiger charge is -2.40. The minimum absolute atomic E-state index is 0.0489. The van der Waals surface area contributed by atoms with Crippen molar-refractivity contribution < 1.29 is 76.9 Å². The number of carbonyl (C=O) groups excluding carboxylic acids is 2. The molecule has 0 saturated carbocycles. The Morgan fingerprint density at radius 2 is 0.911 bits per heavy atom. The van der Waals surface area contributed by atoms with E-state index < -0.39 is 98.5 Å². The monoisotopic (exact) mass is 704 g/mol. The highest BCUT2D eigenvalue weighted by Crippen LogP contribution is 2.27. The smallest absolute Gasteiger partial charge is 0.311 e. The quantitative estimate of drug-likeness (QED) is 0.0828. The molecule has 0 aromatic rings. The SMILES string of the molecule is CCOC1OC(COC(=O)C[Si](C)(C)O[Si](C)(C)O[Si](C)(C)CC(=O)OCC2OC(OCC)C(O)C(O)C2O)C(O)C(O)C1O. The fraction of sp³-hybridized carbons (Fsp3) is 0.923. The molecule has 0 aliphatic carbocycles. The molecule has 0 aromatic carbocycles. The number of ether oxygens (including phenoxy) is 6. The summed E-state index contributed by atoms with van der Waals surface area (Å²) in [7, 11) is -8.32. The molecule has 10 atom stereocenters. The molecule has 264 valence electrons. The highest BCUT2D eigenvalue weighted by molar-refractivity contribution is 6.89. The van der Waals surface area contributed by atoms with Crippen molar-refractivity contribution in [1.29, 1.82) is 0 Å². The van der Waals surface area contributed by atoms with Crippen LogP contribution >= 0.6 is 0 Å². The maximum Gasteiger partial charge on any atom is 0.311 e. The predicted octanol–water partition coefficient (Wildman–Crippen LogP) is -1.09. The van der Waals surface area contributed by atoms with E-state index in [1.54, 1.807) is 13.8 Å². The molecule has 2 aliphatic rings. The van der Waals surface area contributed by atoms with Crippen molar-refractivity contribution in [2.75, 3.05) is 26.4 Å². The van der Waals surface area contributed by atoms with Crippen LogP contribution in [-0.2, 0) is 46.2 Å². The summed E-state index contributed by atoms with van der Waals surface area (Å²) in [4.78, 5) is 25.4. The average molecular weight is 705 g/mol. The zero-order valence-electron chi connectivity index (χ0n) is 27.3. The molecular formula is C26H52O16Si3. The highest BCUT2D eigenvalue weighted by atomic mass is 28.5. The second kappa shape index (κ2) is 17.0. The summed E-state index contributed by atoms with van der Waals surface area (Å²) in [6.07, 6.45) is -13.5.